The fourth-order valence-corrected chi connectivity index (χ4v) is 2.55. The first-order chi connectivity index (χ1) is 11.0. The summed E-state index contributed by atoms with van der Waals surface area (Å²) in [5.74, 6) is 0.481. The molecule has 1 aliphatic rings. The highest BCUT2D eigenvalue weighted by molar-refractivity contribution is 6.60. The first kappa shape index (κ1) is 20.7. The van der Waals surface area contributed by atoms with Crippen LogP contribution >= 0.6 is 0 Å². The molecule has 0 fully saturated rings. The molecule has 1 aromatic carbocycles. The van der Waals surface area contributed by atoms with E-state index in [1.165, 1.54) is 25.1 Å². The zero-order valence-electron chi connectivity index (χ0n) is 13.8. The fraction of sp³-hybridized carbons (Fsp3) is 0.500. The van der Waals surface area contributed by atoms with Gasteiger partial charge < -0.3 is 14.8 Å². The molecule has 2 rings (SSSR count). The summed E-state index contributed by atoms with van der Waals surface area (Å²) in [7, 11) is 58.7. The third-order valence-corrected chi connectivity index (χ3v) is 3.88. The largest absolute Gasteiger partial charge is 0.468 e. The first-order valence-corrected chi connectivity index (χ1v) is 7.19. The number of nitrogens with one attached hydrogen (secondary N) is 1. The van der Waals surface area contributed by atoms with E-state index < -0.39 is 26.7 Å². The van der Waals surface area contributed by atoms with Crippen LogP contribution in [0.4, 0.5) is 0 Å². The Morgan fingerprint density at radius 3 is 1.88 bits per heavy atom. The molecular weight excluding hydrogens is 298 g/mol. The lowest BCUT2D eigenvalue weighted by Gasteiger charge is -2.59. The Bertz CT molecular complexity index is 669. The molecule has 1 unspecified atom stereocenters. The average molecular weight is 305 g/mol. The van der Waals surface area contributed by atoms with Gasteiger partial charge in [-0.1, -0.05) is 34.2 Å². The number of hydrogen-bond acceptors (Lipinski definition) is 3. The summed E-state index contributed by atoms with van der Waals surface area (Å²) in [4.78, 5) is 0. The van der Waals surface area contributed by atoms with Crippen LogP contribution in [0.2, 0.25) is 5.21 Å². The summed E-state index contributed by atoms with van der Waals surface area (Å²) in [5.41, 5.74) is -3.54. The highest BCUT2D eigenvalue weighted by atomic mass is 16.7. The Labute approximate surface area is 162 Å². The molecule has 1 aliphatic heterocycles. The van der Waals surface area contributed by atoms with Crippen molar-refractivity contribution in [2.75, 3.05) is 0 Å². The SMILES string of the molecule is [B]C([B])([B])NC([B])(C([B])([B])C)C([B])([B])c1ccc2c(c1)OC([B])([B])O2. The molecule has 0 aromatic heterocycles. The maximum absolute atomic E-state index is 6.30. The summed E-state index contributed by atoms with van der Waals surface area (Å²) in [6.07, 6.45) is 0. The summed E-state index contributed by atoms with van der Waals surface area (Å²) in [6.45, 7) is 1.37. The Morgan fingerprint density at radius 2 is 1.40 bits per heavy atom. The van der Waals surface area contributed by atoms with E-state index >= 15 is 0 Å². The molecule has 0 amide bonds. The minimum Gasteiger partial charge on any atom is -0.468 e. The second kappa shape index (κ2) is 5.97. The molecule has 0 aliphatic carbocycles. The van der Waals surface area contributed by atoms with Crippen LogP contribution in [0.25, 0.3) is 0 Å². The second-order valence-electron chi connectivity index (χ2n) is 6.60. The Hall–Kier alpha value is -0.571. The normalized spacial score (nSPS) is 19.2. The molecule has 1 heterocycles. The molecule has 1 aromatic rings. The van der Waals surface area contributed by atoms with Crippen molar-refractivity contribution in [3.63, 3.8) is 0 Å². The van der Waals surface area contributed by atoms with E-state index in [2.05, 4.69) is 5.32 Å². The number of hydrogen-bond donors (Lipinski definition) is 1. The van der Waals surface area contributed by atoms with Gasteiger partial charge in [0.2, 0.25) is 0 Å². The highest BCUT2D eigenvalue weighted by Gasteiger charge is 2.48. The predicted octanol–water partition coefficient (Wildman–Crippen LogP) is -3.06. The Kier molecular flexibility index (Phi) is 4.95. The van der Waals surface area contributed by atoms with Gasteiger partial charge in [0.25, 0.3) is 0 Å². The van der Waals surface area contributed by atoms with Crippen LogP contribution in [-0.2, 0) is 5.21 Å². The lowest BCUT2D eigenvalue weighted by Crippen LogP contribution is -2.74. The minimum atomic E-state index is -1.97. The van der Waals surface area contributed by atoms with Crippen LogP contribution in [-0.4, -0.2) is 94.7 Å². The van der Waals surface area contributed by atoms with Gasteiger partial charge in [-0.3, -0.25) is 0 Å². The number of fused-ring (bicyclic) bond motifs is 1. The Balaban J connectivity index is 2.52. The number of benzene rings is 1. The van der Waals surface area contributed by atoms with Crippen LogP contribution in [0.1, 0.15) is 12.5 Å². The maximum Gasteiger partial charge on any atom is 0.175 e. The van der Waals surface area contributed by atoms with Crippen LogP contribution < -0.4 is 14.8 Å². The van der Waals surface area contributed by atoms with E-state index in [0.29, 0.717) is 0 Å². The molecule has 0 saturated heterocycles. The molecule has 3 nitrogen and oxygen atoms in total. The molecule has 20 radical (unpaired) electrons. The van der Waals surface area contributed by atoms with Gasteiger partial charge in [-0.15, -0.1) is 0 Å². The zero-order valence-corrected chi connectivity index (χ0v) is 13.8. The van der Waals surface area contributed by atoms with E-state index in [9.17, 15) is 0 Å². The van der Waals surface area contributed by atoms with Crippen LogP contribution in [0.15, 0.2) is 18.2 Å². The quantitative estimate of drug-likeness (QED) is 0.586. The fourth-order valence-electron chi connectivity index (χ4n) is 2.55. The van der Waals surface area contributed by atoms with Gasteiger partial charge >= 0.3 is 0 Å². The predicted molar refractivity (Wildman–Crippen MR) is 107 cm³/mol. The lowest BCUT2D eigenvalue weighted by molar-refractivity contribution is 0.0833. The summed E-state index contributed by atoms with van der Waals surface area (Å²) in [6, 6.07) is 4.42. The third-order valence-electron chi connectivity index (χ3n) is 3.88. The van der Waals surface area contributed by atoms with Crippen molar-refractivity contribution in [1.82, 2.24) is 5.32 Å². The molecule has 1 atom stereocenters. The lowest BCUT2D eigenvalue weighted by atomic mass is 9.25. The summed E-state index contributed by atoms with van der Waals surface area (Å²) in [5, 5.41) is -3.11. The minimum absolute atomic E-state index is 0.195. The molecule has 25 heavy (non-hydrogen) atoms. The van der Waals surface area contributed by atoms with Crippen molar-refractivity contribution in [2.24, 2.45) is 0 Å². The van der Waals surface area contributed by atoms with Crippen LogP contribution in [0.3, 0.4) is 0 Å². The number of rotatable bonds is 5. The molecule has 0 spiro atoms. The van der Waals surface area contributed by atoms with Crippen molar-refractivity contribution in [1.29, 1.82) is 0 Å². The molecule has 13 heteroatoms. The molecule has 0 saturated carbocycles. The van der Waals surface area contributed by atoms with Crippen molar-refractivity contribution >= 4 is 78.5 Å². The molecular formula is C12H7B10NO2. The first-order valence-electron chi connectivity index (χ1n) is 7.19. The maximum atomic E-state index is 6.30. The van der Waals surface area contributed by atoms with Crippen molar-refractivity contribution in [3.8, 4) is 11.5 Å². The van der Waals surface area contributed by atoms with Crippen LogP contribution in [0.5, 0.6) is 11.5 Å². The summed E-state index contributed by atoms with van der Waals surface area (Å²) < 4.78 is 10.4. The van der Waals surface area contributed by atoms with Gasteiger partial charge in [-0.25, -0.2) is 0 Å². The molecule has 1 N–H and O–H groups in total. The van der Waals surface area contributed by atoms with Crippen molar-refractivity contribution in [2.45, 2.75) is 33.6 Å². The van der Waals surface area contributed by atoms with Gasteiger partial charge in [0, 0.05) is 0 Å². The second-order valence-corrected chi connectivity index (χ2v) is 6.60. The van der Waals surface area contributed by atoms with E-state index in [0.717, 1.165) is 0 Å². The zero-order chi connectivity index (χ0) is 19.5. The van der Waals surface area contributed by atoms with E-state index in [1.807, 2.05) is 0 Å². The smallest absolute Gasteiger partial charge is 0.175 e. The number of ether oxygens (including phenoxy) is 2. The molecule has 102 valence electrons. The van der Waals surface area contributed by atoms with Gasteiger partial charge in [-0.05, 0) is 17.6 Å². The van der Waals surface area contributed by atoms with Gasteiger partial charge in [0.15, 0.2) is 32.8 Å². The third kappa shape index (κ3) is 3.91. The van der Waals surface area contributed by atoms with E-state index in [1.54, 1.807) is 0 Å². The van der Waals surface area contributed by atoms with E-state index in [-0.39, 0.29) is 17.1 Å². The van der Waals surface area contributed by atoms with Gasteiger partial charge in [0.1, 0.15) is 0 Å². The standard InChI is InChI=1S/C12H7B10NO2/c1-8(13,14)10(17,23-11(18,19)20)9(15,16)5-2-3-6-7(4-5)25-12(21,22)24-6/h2-4,23H,1H3. The molecule has 0 bridgehead atoms. The monoisotopic (exact) mass is 307 g/mol. The topological polar surface area (TPSA) is 30.5 Å². The average Bonchev–Trinajstić information content (AvgIpc) is 2.67. The van der Waals surface area contributed by atoms with Crippen molar-refractivity contribution < 1.29 is 9.47 Å². The Morgan fingerprint density at radius 1 is 0.880 bits per heavy atom. The summed E-state index contributed by atoms with van der Waals surface area (Å²) >= 11 is 0. The van der Waals surface area contributed by atoms with Crippen molar-refractivity contribution in [3.05, 3.63) is 23.8 Å². The van der Waals surface area contributed by atoms with Crippen LogP contribution in [0, 0.1) is 0 Å². The van der Waals surface area contributed by atoms with Gasteiger partial charge in [-0.2, -0.15) is 0 Å². The highest BCUT2D eigenvalue weighted by Crippen LogP contribution is 2.45. The van der Waals surface area contributed by atoms with E-state index in [4.69, 9.17) is 87.9 Å². The van der Waals surface area contributed by atoms with Gasteiger partial charge in [0.05, 0.1) is 62.8 Å².